The van der Waals surface area contributed by atoms with E-state index in [9.17, 15) is 22.5 Å². The second-order valence-corrected chi connectivity index (χ2v) is 11.1. The number of aryl methyl sites for hydroxylation is 2. The van der Waals surface area contributed by atoms with Crippen molar-refractivity contribution in [3.63, 3.8) is 0 Å². The molecule has 4 unspecified atom stereocenters. The lowest BCUT2D eigenvalue weighted by molar-refractivity contribution is -0.274. The van der Waals surface area contributed by atoms with Gasteiger partial charge in [-0.25, -0.2) is 13.7 Å². The molecule has 0 aliphatic carbocycles. The van der Waals surface area contributed by atoms with Crippen molar-refractivity contribution in [2.45, 2.75) is 43.3 Å². The van der Waals surface area contributed by atoms with Gasteiger partial charge in [-0.1, -0.05) is 23.3 Å². The van der Waals surface area contributed by atoms with E-state index < -0.39 is 40.2 Å². The molecule has 1 fully saturated rings. The van der Waals surface area contributed by atoms with Gasteiger partial charge in [-0.05, 0) is 62.4 Å². The highest BCUT2D eigenvalue weighted by atomic mass is 32.2. The second kappa shape index (κ2) is 9.32. The normalized spacial score (nSPS) is 22.3. The van der Waals surface area contributed by atoms with Crippen molar-refractivity contribution in [2.24, 2.45) is 0 Å². The summed E-state index contributed by atoms with van der Waals surface area (Å²) in [5, 5.41) is 13.5. The number of fused-ring (bicyclic) bond motifs is 3. The summed E-state index contributed by atoms with van der Waals surface area (Å²) in [5.74, 6) is -0.482. The summed E-state index contributed by atoms with van der Waals surface area (Å²) in [5.41, 5.74) is 4.06. The van der Waals surface area contributed by atoms with Crippen LogP contribution < -0.4 is 9.46 Å². The minimum absolute atomic E-state index is 0.0121. The molecule has 2 heterocycles. The van der Waals surface area contributed by atoms with Crippen molar-refractivity contribution in [2.75, 3.05) is 13.2 Å². The SMILES string of the molecule is Cc1ccc2c(c1)c1cc(C)ccc1n2C1COCC(NS(=N)(=O)c2ccc(OC(F)(F)F)cc2)C1O. The van der Waals surface area contributed by atoms with Gasteiger partial charge in [0.25, 0.3) is 0 Å². The lowest BCUT2D eigenvalue weighted by atomic mass is 10.0. The Bertz CT molecular complexity index is 1510. The summed E-state index contributed by atoms with van der Waals surface area (Å²) in [6.07, 6.45) is -5.92. The third kappa shape index (κ3) is 5.04. The number of nitrogens with one attached hydrogen (secondary N) is 2. The molecule has 1 aromatic heterocycles. The van der Waals surface area contributed by atoms with Crippen LogP contribution in [0.4, 0.5) is 13.2 Å². The average molecular weight is 534 g/mol. The smallest absolute Gasteiger partial charge is 0.406 e. The van der Waals surface area contributed by atoms with Crippen molar-refractivity contribution in [3.8, 4) is 5.75 Å². The zero-order chi connectivity index (χ0) is 26.5. The Morgan fingerprint density at radius 1 is 1.00 bits per heavy atom. The van der Waals surface area contributed by atoms with E-state index in [-0.39, 0.29) is 18.1 Å². The number of aliphatic hydroxyl groups excluding tert-OH is 1. The number of hydrogen-bond donors (Lipinski definition) is 3. The fourth-order valence-electron chi connectivity index (χ4n) is 4.86. The zero-order valence-electron chi connectivity index (χ0n) is 20.1. The van der Waals surface area contributed by atoms with Crippen molar-refractivity contribution >= 4 is 31.7 Å². The predicted octanol–water partition coefficient (Wildman–Crippen LogP) is 5.22. The van der Waals surface area contributed by atoms with Crippen LogP contribution in [0.5, 0.6) is 5.75 Å². The molecule has 0 amide bonds. The van der Waals surface area contributed by atoms with Gasteiger partial charge in [-0.3, -0.25) is 0 Å². The molecule has 5 rings (SSSR count). The van der Waals surface area contributed by atoms with Crippen molar-refractivity contribution in [1.29, 1.82) is 4.78 Å². The molecule has 0 spiro atoms. The summed E-state index contributed by atoms with van der Waals surface area (Å²) in [7, 11) is -3.68. The fourth-order valence-corrected chi connectivity index (χ4v) is 6.15. The van der Waals surface area contributed by atoms with Crippen LogP contribution in [0.1, 0.15) is 17.2 Å². The van der Waals surface area contributed by atoms with Crippen LogP contribution >= 0.6 is 0 Å². The summed E-state index contributed by atoms with van der Waals surface area (Å²) in [6.45, 7) is 4.26. The van der Waals surface area contributed by atoms with Crippen molar-refractivity contribution in [3.05, 3.63) is 71.8 Å². The van der Waals surface area contributed by atoms with Crippen LogP contribution in [0.3, 0.4) is 0 Å². The van der Waals surface area contributed by atoms with Gasteiger partial charge in [0.2, 0.25) is 0 Å². The molecule has 0 saturated carbocycles. The molecule has 7 nitrogen and oxygen atoms in total. The van der Waals surface area contributed by atoms with Crippen LogP contribution in [0, 0.1) is 18.6 Å². The second-order valence-electron chi connectivity index (χ2n) is 9.31. The predicted molar refractivity (Wildman–Crippen MR) is 134 cm³/mol. The highest BCUT2D eigenvalue weighted by Gasteiger charge is 2.37. The topological polar surface area (TPSA) is 96.6 Å². The largest absolute Gasteiger partial charge is 0.573 e. The highest BCUT2D eigenvalue weighted by molar-refractivity contribution is 7.90. The first kappa shape index (κ1) is 25.5. The molecule has 3 aromatic carbocycles. The molecule has 4 aromatic rings. The Labute approximate surface area is 211 Å². The van der Waals surface area contributed by atoms with Gasteiger partial charge in [0.05, 0.1) is 36.3 Å². The van der Waals surface area contributed by atoms with E-state index in [1.54, 1.807) is 0 Å². The van der Waals surface area contributed by atoms with Gasteiger partial charge in [0, 0.05) is 21.8 Å². The monoisotopic (exact) mass is 533 g/mol. The molecular formula is C26H26F3N3O4S. The minimum Gasteiger partial charge on any atom is -0.406 e. The Kier molecular flexibility index (Phi) is 6.43. The van der Waals surface area contributed by atoms with Crippen molar-refractivity contribution in [1.82, 2.24) is 9.29 Å². The van der Waals surface area contributed by atoms with Crippen LogP contribution in [-0.4, -0.2) is 45.6 Å². The zero-order valence-corrected chi connectivity index (χ0v) is 20.9. The van der Waals surface area contributed by atoms with Gasteiger partial charge in [0.1, 0.15) is 15.7 Å². The average Bonchev–Trinajstić information content (AvgIpc) is 3.12. The molecule has 4 atom stereocenters. The van der Waals surface area contributed by atoms with E-state index in [0.29, 0.717) is 0 Å². The maximum Gasteiger partial charge on any atom is 0.573 e. The van der Waals surface area contributed by atoms with E-state index in [0.717, 1.165) is 57.2 Å². The molecule has 0 radical (unpaired) electrons. The van der Waals surface area contributed by atoms with Gasteiger partial charge in [-0.2, -0.15) is 0 Å². The lowest BCUT2D eigenvalue weighted by Gasteiger charge is -2.37. The molecule has 1 aliphatic heterocycles. The molecule has 11 heteroatoms. The summed E-state index contributed by atoms with van der Waals surface area (Å²) in [6, 6.07) is 15.1. The summed E-state index contributed by atoms with van der Waals surface area (Å²) < 4.78 is 73.3. The molecule has 1 saturated heterocycles. The number of benzene rings is 3. The summed E-state index contributed by atoms with van der Waals surface area (Å²) in [4.78, 5) is -0.0424. The van der Waals surface area contributed by atoms with Crippen LogP contribution in [-0.2, 0) is 14.7 Å². The van der Waals surface area contributed by atoms with Gasteiger partial charge < -0.3 is 19.1 Å². The third-order valence-corrected chi connectivity index (χ3v) is 8.11. The molecule has 37 heavy (non-hydrogen) atoms. The van der Waals surface area contributed by atoms with Gasteiger partial charge in [0.15, 0.2) is 0 Å². The number of rotatable bonds is 5. The number of nitrogens with zero attached hydrogens (tertiary/aromatic N) is 1. The fraction of sp³-hybridized carbons (Fsp3) is 0.308. The molecule has 0 bridgehead atoms. The molecule has 196 valence electrons. The van der Waals surface area contributed by atoms with Crippen molar-refractivity contribution < 1.29 is 32.0 Å². The number of aromatic nitrogens is 1. The van der Waals surface area contributed by atoms with Crippen LogP contribution in [0.15, 0.2) is 65.6 Å². The maximum absolute atomic E-state index is 13.2. The van der Waals surface area contributed by atoms with Crippen LogP contribution in [0.2, 0.25) is 0 Å². The minimum atomic E-state index is -4.86. The number of ether oxygens (including phenoxy) is 2. The van der Waals surface area contributed by atoms with Gasteiger partial charge in [-0.15, -0.1) is 13.2 Å². The first-order valence-electron chi connectivity index (χ1n) is 11.6. The molecule has 3 N–H and O–H groups in total. The number of halogens is 3. The quantitative estimate of drug-likeness (QED) is 0.328. The Hall–Kier alpha value is -3.12. The third-order valence-electron chi connectivity index (χ3n) is 6.54. The summed E-state index contributed by atoms with van der Waals surface area (Å²) >= 11 is 0. The van der Waals surface area contributed by atoms with E-state index in [1.165, 1.54) is 0 Å². The highest BCUT2D eigenvalue weighted by Crippen LogP contribution is 2.36. The van der Waals surface area contributed by atoms with E-state index in [1.807, 2.05) is 42.7 Å². The standard InChI is InChI=1S/C26H26F3N3O4S/c1-15-3-9-22-19(11-15)20-12-16(2)4-10-23(20)32(22)24-14-35-13-21(25(24)33)31-37(30,34)18-7-5-17(6-8-18)36-26(27,28)29/h3-12,21,24-25,33H,13-14H2,1-2H3,(H2,30,31,34). The number of hydrogen-bond acceptors (Lipinski definition) is 5. The number of aliphatic hydroxyl groups is 1. The first-order chi connectivity index (χ1) is 17.4. The van der Waals surface area contributed by atoms with E-state index in [2.05, 4.69) is 21.6 Å². The molecule has 1 aliphatic rings. The van der Waals surface area contributed by atoms with Crippen LogP contribution in [0.25, 0.3) is 21.8 Å². The maximum atomic E-state index is 13.2. The molecular weight excluding hydrogens is 507 g/mol. The Morgan fingerprint density at radius 3 is 2.11 bits per heavy atom. The van der Waals surface area contributed by atoms with E-state index >= 15 is 0 Å². The van der Waals surface area contributed by atoms with E-state index in [4.69, 9.17) is 9.52 Å². The lowest BCUT2D eigenvalue weighted by Crippen LogP contribution is -2.53. The Morgan fingerprint density at radius 2 is 1.57 bits per heavy atom. The Balaban J connectivity index is 1.45. The first-order valence-corrected chi connectivity index (χ1v) is 13.2. The van der Waals surface area contributed by atoms with Gasteiger partial charge >= 0.3 is 6.36 Å². The number of alkyl halides is 3.